The Hall–Kier alpha value is -1.28. The zero-order valence-corrected chi connectivity index (χ0v) is 7.28. The molecule has 0 bridgehead atoms. The Morgan fingerprint density at radius 2 is 2.15 bits per heavy atom. The molecule has 0 N–H and O–H groups in total. The Balaban J connectivity index is 3.03. The lowest BCUT2D eigenvalue weighted by atomic mass is 10.3. The van der Waals surface area contributed by atoms with Crippen LogP contribution in [0.1, 0.15) is 0 Å². The Morgan fingerprint density at radius 1 is 1.46 bits per heavy atom. The maximum Gasteiger partial charge on any atom is 0.142 e. The molecule has 1 aromatic carbocycles. The Kier molecular flexibility index (Phi) is 3.09. The maximum absolute atomic E-state index is 12.9. The molecule has 0 aliphatic heterocycles. The third kappa shape index (κ3) is 2.33. The fourth-order valence-electron chi connectivity index (χ4n) is 0.796. The van der Waals surface area contributed by atoms with Crippen molar-refractivity contribution < 1.29 is 13.0 Å². The van der Waals surface area contributed by atoms with Gasteiger partial charge in [0.15, 0.2) is 0 Å². The predicted molar refractivity (Wildman–Crippen MR) is 43.2 cm³/mol. The summed E-state index contributed by atoms with van der Waals surface area (Å²) >= 11 is 0. The fraction of sp³-hybridized carbons (Fsp3) is 0.125. The number of benzene rings is 1. The average Bonchev–Trinajstić information content (AvgIpc) is 2.04. The fourth-order valence-corrected chi connectivity index (χ4v) is 1.57. The first-order valence-electron chi connectivity index (χ1n) is 3.35. The zero-order valence-electron chi connectivity index (χ0n) is 6.46. The highest BCUT2D eigenvalue weighted by atomic mass is 32.2. The molecule has 0 aromatic heterocycles. The molecule has 1 aromatic rings. The Morgan fingerprint density at radius 3 is 2.69 bits per heavy atom. The van der Waals surface area contributed by atoms with Crippen LogP contribution in [0.4, 0.5) is 8.78 Å². The van der Waals surface area contributed by atoms with E-state index in [4.69, 9.17) is 5.26 Å². The van der Waals surface area contributed by atoms with E-state index >= 15 is 0 Å². The van der Waals surface area contributed by atoms with Crippen LogP contribution in [0, 0.1) is 23.0 Å². The molecule has 68 valence electrons. The summed E-state index contributed by atoms with van der Waals surface area (Å²) in [4.78, 5) is -0.136. The minimum atomic E-state index is -1.71. The minimum Gasteiger partial charge on any atom is -0.253 e. The molecule has 0 aliphatic carbocycles. The molecule has 0 aliphatic rings. The normalized spacial score (nSPS) is 12.1. The molecule has 0 saturated carbocycles. The van der Waals surface area contributed by atoms with Crippen LogP contribution in [-0.4, -0.2) is 9.96 Å². The molecule has 2 nitrogen and oxygen atoms in total. The molecular formula is C8H5F2NOS. The van der Waals surface area contributed by atoms with Crippen molar-refractivity contribution in [2.75, 3.05) is 5.75 Å². The van der Waals surface area contributed by atoms with Gasteiger partial charge < -0.3 is 0 Å². The molecule has 0 fully saturated rings. The third-order valence-corrected chi connectivity index (χ3v) is 2.55. The van der Waals surface area contributed by atoms with Gasteiger partial charge in [-0.25, -0.2) is 8.78 Å². The number of nitrogens with zero attached hydrogens (tertiary/aromatic N) is 1. The molecule has 0 spiro atoms. The van der Waals surface area contributed by atoms with E-state index in [1.807, 2.05) is 0 Å². The lowest BCUT2D eigenvalue weighted by molar-refractivity contribution is 0.562. The number of nitriles is 1. The molecule has 0 saturated heterocycles. The van der Waals surface area contributed by atoms with E-state index in [9.17, 15) is 13.0 Å². The topological polar surface area (TPSA) is 40.9 Å². The second-order valence-corrected chi connectivity index (χ2v) is 3.64. The molecule has 0 radical (unpaired) electrons. The summed E-state index contributed by atoms with van der Waals surface area (Å²) in [6.45, 7) is 0. The van der Waals surface area contributed by atoms with Gasteiger partial charge in [-0.3, -0.25) is 4.21 Å². The lowest BCUT2D eigenvalue weighted by Crippen LogP contribution is -1.99. The van der Waals surface area contributed by atoms with Crippen LogP contribution in [0.2, 0.25) is 0 Å². The van der Waals surface area contributed by atoms with E-state index in [-0.39, 0.29) is 10.6 Å². The van der Waals surface area contributed by atoms with Gasteiger partial charge in [-0.15, -0.1) is 0 Å². The Labute approximate surface area is 76.3 Å². The quantitative estimate of drug-likeness (QED) is 0.729. The second-order valence-electron chi connectivity index (χ2n) is 2.22. The lowest BCUT2D eigenvalue weighted by Gasteiger charge is -1.98. The summed E-state index contributed by atoms with van der Waals surface area (Å²) in [6.07, 6.45) is 0. The summed E-state index contributed by atoms with van der Waals surface area (Å²) in [6, 6.07) is 4.38. The summed E-state index contributed by atoms with van der Waals surface area (Å²) in [5, 5.41) is 8.20. The van der Waals surface area contributed by atoms with Crippen molar-refractivity contribution in [2.45, 2.75) is 4.90 Å². The van der Waals surface area contributed by atoms with Crippen molar-refractivity contribution in [1.82, 2.24) is 0 Å². The summed E-state index contributed by atoms with van der Waals surface area (Å²) in [7, 11) is -1.71. The van der Waals surface area contributed by atoms with E-state index in [2.05, 4.69) is 0 Å². The van der Waals surface area contributed by atoms with Gasteiger partial charge in [-0.1, -0.05) is 0 Å². The second kappa shape index (κ2) is 4.10. The third-order valence-electron chi connectivity index (χ3n) is 1.33. The molecule has 1 atom stereocenters. The van der Waals surface area contributed by atoms with Crippen LogP contribution < -0.4 is 0 Å². The standard InChI is InChI=1S/C8H5F2NOS/c9-6-1-2-8(7(10)5-6)13(12)4-3-11/h1-2,5H,4H2. The predicted octanol–water partition coefficient (Wildman–Crippen LogP) is 1.60. The first kappa shape index (κ1) is 9.81. The van der Waals surface area contributed by atoms with Crippen LogP contribution in [0.3, 0.4) is 0 Å². The van der Waals surface area contributed by atoms with E-state index in [1.165, 1.54) is 0 Å². The van der Waals surface area contributed by atoms with E-state index in [0.29, 0.717) is 6.07 Å². The number of halogens is 2. The van der Waals surface area contributed by atoms with E-state index in [1.54, 1.807) is 6.07 Å². The van der Waals surface area contributed by atoms with Crippen molar-refractivity contribution in [3.05, 3.63) is 29.8 Å². The van der Waals surface area contributed by atoms with Gasteiger partial charge in [0.25, 0.3) is 0 Å². The van der Waals surface area contributed by atoms with Crippen LogP contribution in [0.25, 0.3) is 0 Å². The zero-order chi connectivity index (χ0) is 9.84. The largest absolute Gasteiger partial charge is 0.253 e. The number of rotatable bonds is 2. The van der Waals surface area contributed by atoms with Gasteiger partial charge in [-0.2, -0.15) is 5.26 Å². The van der Waals surface area contributed by atoms with Gasteiger partial charge in [0.05, 0.1) is 21.8 Å². The van der Waals surface area contributed by atoms with Crippen LogP contribution in [0.15, 0.2) is 23.1 Å². The molecule has 5 heteroatoms. The van der Waals surface area contributed by atoms with Crippen molar-refractivity contribution in [1.29, 1.82) is 5.26 Å². The van der Waals surface area contributed by atoms with Crippen LogP contribution in [0.5, 0.6) is 0 Å². The summed E-state index contributed by atoms with van der Waals surface area (Å²) in [5.74, 6) is -1.90. The molecule has 13 heavy (non-hydrogen) atoms. The van der Waals surface area contributed by atoms with E-state index < -0.39 is 22.4 Å². The number of hydrogen-bond acceptors (Lipinski definition) is 2. The number of hydrogen-bond donors (Lipinski definition) is 0. The van der Waals surface area contributed by atoms with Crippen LogP contribution >= 0.6 is 0 Å². The van der Waals surface area contributed by atoms with Gasteiger partial charge in [0, 0.05) is 6.07 Å². The highest BCUT2D eigenvalue weighted by Crippen LogP contribution is 2.13. The highest BCUT2D eigenvalue weighted by Gasteiger charge is 2.09. The van der Waals surface area contributed by atoms with Gasteiger partial charge in [0.2, 0.25) is 0 Å². The minimum absolute atomic E-state index is 0.136. The van der Waals surface area contributed by atoms with Crippen LogP contribution in [-0.2, 0) is 10.8 Å². The maximum atomic E-state index is 12.9. The summed E-state index contributed by atoms with van der Waals surface area (Å²) in [5.41, 5.74) is 0. The van der Waals surface area contributed by atoms with Crippen molar-refractivity contribution in [3.63, 3.8) is 0 Å². The average molecular weight is 201 g/mol. The Bertz CT molecular complexity index is 386. The first-order chi connectivity index (χ1) is 6.15. The van der Waals surface area contributed by atoms with E-state index in [0.717, 1.165) is 12.1 Å². The van der Waals surface area contributed by atoms with Gasteiger partial charge >= 0.3 is 0 Å². The first-order valence-corrected chi connectivity index (χ1v) is 4.67. The smallest absolute Gasteiger partial charge is 0.142 e. The molecule has 0 amide bonds. The van der Waals surface area contributed by atoms with Gasteiger partial charge in [0.1, 0.15) is 17.4 Å². The van der Waals surface area contributed by atoms with Crippen molar-refractivity contribution >= 4 is 10.8 Å². The van der Waals surface area contributed by atoms with Crippen molar-refractivity contribution in [2.24, 2.45) is 0 Å². The summed E-state index contributed by atoms with van der Waals surface area (Å²) < 4.78 is 36.4. The molecule has 1 unspecified atom stereocenters. The SMILES string of the molecule is N#CCS(=O)c1ccc(F)cc1F. The molecular weight excluding hydrogens is 196 g/mol. The van der Waals surface area contributed by atoms with Gasteiger partial charge in [-0.05, 0) is 12.1 Å². The molecule has 1 rings (SSSR count). The van der Waals surface area contributed by atoms with Crippen molar-refractivity contribution in [3.8, 4) is 6.07 Å². The monoisotopic (exact) mass is 201 g/mol. The molecule has 0 heterocycles. The highest BCUT2D eigenvalue weighted by molar-refractivity contribution is 7.85.